The van der Waals surface area contributed by atoms with E-state index < -0.39 is 0 Å². The number of likely N-dealkylation sites (tertiary alicyclic amines) is 2. The number of aliphatic hydroxyl groups excluding tert-OH is 1. The van der Waals surface area contributed by atoms with Crippen LogP contribution in [0.1, 0.15) is 53.1 Å². The Bertz CT molecular complexity index is 853. The van der Waals surface area contributed by atoms with Crippen LogP contribution in [-0.2, 0) is 6.54 Å². The number of hydrogen-bond donors (Lipinski definition) is 2. The molecule has 2 aromatic rings. The second-order valence-electron chi connectivity index (χ2n) is 8.67. The Labute approximate surface area is 179 Å². The number of ether oxygens (including phenoxy) is 1. The second-order valence-corrected chi connectivity index (χ2v) is 8.67. The van der Waals surface area contributed by atoms with Crippen molar-refractivity contribution in [2.45, 2.75) is 44.2 Å². The predicted octanol–water partition coefficient (Wildman–Crippen LogP) is 2.25. The number of carbonyl (C=O) groups is 1. The van der Waals surface area contributed by atoms with Crippen LogP contribution in [-0.4, -0.2) is 55.3 Å². The zero-order valence-corrected chi connectivity index (χ0v) is 17.8. The van der Waals surface area contributed by atoms with Crippen molar-refractivity contribution in [3.8, 4) is 5.75 Å². The first kappa shape index (κ1) is 20.9. The minimum atomic E-state index is -0.261. The summed E-state index contributed by atoms with van der Waals surface area (Å²) in [5, 5.41) is 9.68. The van der Waals surface area contributed by atoms with E-state index in [0.717, 1.165) is 43.8 Å². The van der Waals surface area contributed by atoms with Gasteiger partial charge in [0.05, 0.1) is 26.3 Å². The summed E-state index contributed by atoms with van der Waals surface area (Å²) in [4.78, 5) is 16.3. The smallest absolute Gasteiger partial charge is 0.253 e. The largest absolute Gasteiger partial charge is 0.496 e. The van der Waals surface area contributed by atoms with Gasteiger partial charge in [0.2, 0.25) is 0 Å². The van der Waals surface area contributed by atoms with Gasteiger partial charge in [0.1, 0.15) is 12.3 Å². The highest BCUT2D eigenvalue weighted by Crippen LogP contribution is 2.31. The molecule has 4 rings (SSSR count). The molecule has 5 nitrogen and oxygen atoms in total. The van der Waals surface area contributed by atoms with E-state index in [1.165, 1.54) is 11.1 Å². The topological polar surface area (TPSA) is 54.2 Å². The molecular formula is C25H33N2O3+. The maximum absolute atomic E-state index is 12.8. The average molecular weight is 410 g/mol. The van der Waals surface area contributed by atoms with E-state index in [-0.39, 0.29) is 12.0 Å². The number of nitrogens with one attached hydrogen (secondary N) is 1. The summed E-state index contributed by atoms with van der Waals surface area (Å²) in [5.74, 6) is 1.66. The third kappa shape index (κ3) is 4.85. The Morgan fingerprint density at radius 3 is 2.53 bits per heavy atom. The van der Waals surface area contributed by atoms with E-state index in [1.54, 1.807) is 12.0 Å². The molecule has 0 unspecified atom stereocenters. The lowest BCUT2D eigenvalue weighted by molar-refractivity contribution is -0.919. The number of quaternary nitrogens is 1. The molecule has 0 atom stereocenters. The van der Waals surface area contributed by atoms with E-state index in [0.29, 0.717) is 31.8 Å². The van der Waals surface area contributed by atoms with Crippen molar-refractivity contribution in [2.75, 3.05) is 33.3 Å². The average Bonchev–Trinajstić information content (AvgIpc) is 2.80. The van der Waals surface area contributed by atoms with Gasteiger partial charge in [0.15, 0.2) is 0 Å². The molecule has 0 spiro atoms. The number of rotatable bonds is 5. The van der Waals surface area contributed by atoms with Gasteiger partial charge in [0.25, 0.3) is 5.91 Å². The van der Waals surface area contributed by atoms with Crippen LogP contribution in [0.15, 0.2) is 48.5 Å². The van der Waals surface area contributed by atoms with Gasteiger partial charge in [-0.1, -0.05) is 30.3 Å². The number of benzene rings is 2. The predicted molar refractivity (Wildman–Crippen MR) is 117 cm³/mol. The van der Waals surface area contributed by atoms with Gasteiger partial charge in [-0.2, -0.15) is 0 Å². The molecule has 1 amide bonds. The van der Waals surface area contributed by atoms with E-state index in [4.69, 9.17) is 4.74 Å². The van der Waals surface area contributed by atoms with Crippen LogP contribution in [0.4, 0.5) is 0 Å². The molecule has 30 heavy (non-hydrogen) atoms. The Morgan fingerprint density at radius 1 is 1.07 bits per heavy atom. The molecular weight excluding hydrogens is 376 g/mol. The van der Waals surface area contributed by atoms with Crippen molar-refractivity contribution >= 4 is 5.91 Å². The van der Waals surface area contributed by atoms with Crippen molar-refractivity contribution in [3.05, 3.63) is 65.2 Å². The fourth-order valence-corrected chi connectivity index (χ4v) is 4.87. The van der Waals surface area contributed by atoms with Crippen molar-refractivity contribution in [3.63, 3.8) is 0 Å². The highest BCUT2D eigenvalue weighted by atomic mass is 16.5. The van der Waals surface area contributed by atoms with E-state index >= 15 is 0 Å². The van der Waals surface area contributed by atoms with Gasteiger partial charge in [-0.05, 0) is 42.5 Å². The molecule has 2 fully saturated rings. The summed E-state index contributed by atoms with van der Waals surface area (Å²) in [5.41, 5.74) is 3.33. The summed E-state index contributed by atoms with van der Waals surface area (Å²) >= 11 is 0. The fraction of sp³-hybridized carbons (Fsp3) is 0.480. The van der Waals surface area contributed by atoms with Gasteiger partial charge in [0, 0.05) is 37.1 Å². The van der Waals surface area contributed by atoms with Gasteiger partial charge in [-0.15, -0.1) is 0 Å². The molecule has 2 aliphatic heterocycles. The number of nitrogens with zero attached hydrogens (tertiary/aromatic N) is 1. The second kappa shape index (κ2) is 9.63. The lowest BCUT2D eigenvalue weighted by atomic mass is 9.88. The SMILES string of the molecule is COc1ccccc1C1CC[NH+](Cc2cccc(C(=O)N3CCC(O)CC3)c2)CC1. The summed E-state index contributed by atoms with van der Waals surface area (Å²) in [6.07, 6.45) is 3.41. The molecule has 0 aliphatic carbocycles. The van der Waals surface area contributed by atoms with Crippen LogP contribution >= 0.6 is 0 Å². The fourth-order valence-electron chi connectivity index (χ4n) is 4.87. The number of amides is 1. The zero-order chi connectivity index (χ0) is 20.9. The van der Waals surface area contributed by atoms with Gasteiger partial charge in [-0.25, -0.2) is 0 Å². The minimum Gasteiger partial charge on any atom is -0.496 e. The maximum Gasteiger partial charge on any atom is 0.253 e. The van der Waals surface area contributed by atoms with Crippen LogP contribution in [0, 0.1) is 0 Å². The Hall–Kier alpha value is -2.37. The van der Waals surface area contributed by atoms with E-state index in [9.17, 15) is 9.90 Å². The Morgan fingerprint density at radius 2 is 1.80 bits per heavy atom. The molecule has 160 valence electrons. The van der Waals surface area contributed by atoms with Crippen molar-refractivity contribution in [1.29, 1.82) is 0 Å². The molecule has 2 heterocycles. The number of methoxy groups -OCH3 is 1. The van der Waals surface area contributed by atoms with E-state index in [1.807, 2.05) is 23.1 Å². The number of hydrogen-bond acceptors (Lipinski definition) is 3. The third-order valence-corrected chi connectivity index (χ3v) is 6.65. The molecule has 2 N–H and O–H groups in total. The maximum atomic E-state index is 12.8. The molecule has 0 aromatic heterocycles. The molecule has 0 saturated carbocycles. The summed E-state index contributed by atoms with van der Waals surface area (Å²) in [6.45, 7) is 4.51. The van der Waals surface area contributed by atoms with Crippen LogP contribution < -0.4 is 9.64 Å². The first-order valence-electron chi connectivity index (χ1n) is 11.2. The van der Waals surface area contributed by atoms with Crippen molar-refractivity contribution < 1.29 is 19.5 Å². The molecule has 0 radical (unpaired) electrons. The zero-order valence-electron chi connectivity index (χ0n) is 17.8. The van der Waals surface area contributed by atoms with Crippen LogP contribution in [0.5, 0.6) is 5.75 Å². The van der Waals surface area contributed by atoms with Crippen LogP contribution in [0.25, 0.3) is 0 Å². The normalized spacial score (nSPS) is 22.7. The molecule has 2 aromatic carbocycles. The number of para-hydroxylation sites is 1. The van der Waals surface area contributed by atoms with Crippen molar-refractivity contribution in [1.82, 2.24) is 4.90 Å². The van der Waals surface area contributed by atoms with Gasteiger partial charge >= 0.3 is 0 Å². The van der Waals surface area contributed by atoms with Gasteiger partial charge < -0.3 is 19.6 Å². The number of carbonyl (C=O) groups excluding carboxylic acids is 1. The number of piperidine rings is 2. The van der Waals surface area contributed by atoms with E-state index in [2.05, 4.69) is 30.3 Å². The summed E-state index contributed by atoms with van der Waals surface area (Å²) < 4.78 is 5.56. The molecule has 0 bridgehead atoms. The first-order chi connectivity index (χ1) is 14.6. The van der Waals surface area contributed by atoms with Crippen LogP contribution in [0.3, 0.4) is 0 Å². The first-order valence-corrected chi connectivity index (χ1v) is 11.2. The third-order valence-electron chi connectivity index (χ3n) is 6.65. The Kier molecular flexibility index (Phi) is 6.70. The highest BCUT2D eigenvalue weighted by Gasteiger charge is 2.26. The minimum absolute atomic E-state index is 0.0913. The van der Waals surface area contributed by atoms with Gasteiger partial charge in [-0.3, -0.25) is 4.79 Å². The quantitative estimate of drug-likeness (QED) is 0.797. The molecule has 2 aliphatic rings. The highest BCUT2D eigenvalue weighted by molar-refractivity contribution is 5.94. The summed E-state index contributed by atoms with van der Waals surface area (Å²) in [7, 11) is 1.75. The lowest BCUT2D eigenvalue weighted by Crippen LogP contribution is -3.11. The summed E-state index contributed by atoms with van der Waals surface area (Å²) in [6, 6.07) is 16.5. The lowest BCUT2D eigenvalue weighted by Gasteiger charge is -2.31. The number of aliphatic hydroxyl groups is 1. The molecule has 5 heteroatoms. The molecule has 2 saturated heterocycles. The van der Waals surface area contributed by atoms with Crippen LogP contribution in [0.2, 0.25) is 0 Å². The Balaban J connectivity index is 1.34. The monoisotopic (exact) mass is 409 g/mol. The van der Waals surface area contributed by atoms with Crippen molar-refractivity contribution in [2.24, 2.45) is 0 Å². The standard InChI is InChI=1S/C25H32N2O3/c1-30-24-8-3-2-7-23(24)20-9-13-26(14-10-20)18-19-5-4-6-21(17-19)25(29)27-15-11-22(28)12-16-27/h2-8,17,20,22,28H,9-16,18H2,1H3/p+1.